The van der Waals surface area contributed by atoms with Gasteiger partial charge in [0.25, 0.3) is 0 Å². The molecule has 0 amide bonds. The summed E-state index contributed by atoms with van der Waals surface area (Å²) in [6, 6.07) is 0. The van der Waals surface area contributed by atoms with Crippen molar-refractivity contribution < 1.29 is 0 Å². The SMILES string of the molecule is CCc1cnc(C2(CNC)CCC2)[nH]1. The number of aryl methyl sites for hydroxylation is 1. The van der Waals surface area contributed by atoms with Crippen molar-refractivity contribution in [2.24, 2.45) is 0 Å². The van der Waals surface area contributed by atoms with E-state index in [-0.39, 0.29) is 0 Å². The van der Waals surface area contributed by atoms with E-state index in [1.807, 2.05) is 13.2 Å². The van der Waals surface area contributed by atoms with Crippen molar-refractivity contribution in [3.63, 3.8) is 0 Å². The van der Waals surface area contributed by atoms with Crippen molar-refractivity contribution >= 4 is 0 Å². The first kappa shape index (κ1) is 9.71. The highest BCUT2D eigenvalue weighted by atomic mass is 15.0. The van der Waals surface area contributed by atoms with E-state index in [0.717, 1.165) is 13.0 Å². The van der Waals surface area contributed by atoms with Crippen LogP contribution in [0.2, 0.25) is 0 Å². The van der Waals surface area contributed by atoms with Crippen LogP contribution >= 0.6 is 0 Å². The largest absolute Gasteiger partial charge is 0.345 e. The van der Waals surface area contributed by atoms with Gasteiger partial charge in [-0.3, -0.25) is 0 Å². The highest BCUT2D eigenvalue weighted by molar-refractivity contribution is 5.17. The zero-order valence-corrected chi connectivity index (χ0v) is 9.06. The maximum atomic E-state index is 4.50. The fraction of sp³-hybridized carbons (Fsp3) is 0.727. The number of rotatable bonds is 4. The predicted octanol–water partition coefficient (Wildman–Crippen LogP) is 1.61. The molecule has 2 N–H and O–H groups in total. The Bertz CT molecular complexity index is 299. The first-order valence-electron chi connectivity index (χ1n) is 5.50. The smallest absolute Gasteiger partial charge is 0.113 e. The molecule has 1 aromatic rings. The van der Waals surface area contributed by atoms with Crippen LogP contribution in [0.5, 0.6) is 0 Å². The van der Waals surface area contributed by atoms with Gasteiger partial charge >= 0.3 is 0 Å². The molecule has 0 aromatic carbocycles. The van der Waals surface area contributed by atoms with Gasteiger partial charge in [0.05, 0.1) is 0 Å². The number of nitrogens with zero attached hydrogens (tertiary/aromatic N) is 1. The number of H-pyrrole nitrogens is 1. The maximum absolute atomic E-state index is 4.50. The first-order chi connectivity index (χ1) is 6.80. The lowest BCUT2D eigenvalue weighted by molar-refractivity contribution is 0.226. The third-order valence-corrected chi connectivity index (χ3v) is 3.34. The second kappa shape index (κ2) is 3.73. The first-order valence-corrected chi connectivity index (χ1v) is 5.50. The lowest BCUT2D eigenvalue weighted by Gasteiger charge is -2.40. The van der Waals surface area contributed by atoms with Crippen LogP contribution in [-0.2, 0) is 11.8 Å². The third kappa shape index (κ3) is 1.46. The van der Waals surface area contributed by atoms with Crippen LogP contribution in [0, 0.1) is 0 Å². The van der Waals surface area contributed by atoms with Crippen molar-refractivity contribution in [3.8, 4) is 0 Å². The second-order valence-corrected chi connectivity index (χ2v) is 4.27. The summed E-state index contributed by atoms with van der Waals surface area (Å²) in [5.41, 5.74) is 1.56. The minimum absolute atomic E-state index is 0.308. The topological polar surface area (TPSA) is 40.7 Å². The summed E-state index contributed by atoms with van der Waals surface area (Å²) in [6.07, 6.45) is 6.90. The van der Waals surface area contributed by atoms with E-state index in [4.69, 9.17) is 0 Å². The monoisotopic (exact) mass is 193 g/mol. The predicted molar refractivity (Wildman–Crippen MR) is 57.4 cm³/mol. The zero-order valence-electron chi connectivity index (χ0n) is 9.06. The van der Waals surface area contributed by atoms with E-state index in [2.05, 4.69) is 22.2 Å². The Kier molecular flexibility index (Phi) is 2.59. The minimum Gasteiger partial charge on any atom is -0.345 e. The van der Waals surface area contributed by atoms with E-state index in [9.17, 15) is 0 Å². The van der Waals surface area contributed by atoms with Crippen LogP contribution in [0.4, 0.5) is 0 Å². The van der Waals surface area contributed by atoms with Gasteiger partial charge < -0.3 is 10.3 Å². The Morgan fingerprint density at radius 1 is 1.57 bits per heavy atom. The average Bonchev–Trinajstić information content (AvgIpc) is 2.59. The van der Waals surface area contributed by atoms with E-state index >= 15 is 0 Å². The Hall–Kier alpha value is -0.830. The van der Waals surface area contributed by atoms with E-state index in [1.54, 1.807) is 0 Å². The molecule has 1 aromatic heterocycles. The number of imidazole rings is 1. The highest BCUT2D eigenvalue weighted by Gasteiger charge is 2.40. The van der Waals surface area contributed by atoms with Crippen LogP contribution in [0.1, 0.15) is 37.7 Å². The molecule has 0 spiro atoms. The minimum atomic E-state index is 0.308. The Morgan fingerprint density at radius 2 is 2.36 bits per heavy atom. The van der Waals surface area contributed by atoms with Crippen LogP contribution < -0.4 is 5.32 Å². The lowest BCUT2D eigenvalue weighted by Crippen LogP contribution is -2.43. The van der Waals surface area contributed by atoms with E-state index in [1.165, 1.54) is 30.8 Å². The molecule has 3 nitrogen and oxygen atoms in total. The Morgan fingerprint density at radius 3 is 2.79 bits per heavy atom. The van der Waals surface area contributed by atoms with Gasteiger partial charge in [-0.05, 0) is 26.3 Å². The van der Waals surface area contributed by atoms with Gasteiger partial charge in [0.15, 0.2) is 0 Å². The zero-order chi connectivity index (χ0) is 10.0. The fourth-order valence-electron chi connectivity index (χ4n) is 2.25. The summed E-state index contributed by atoms with van der Waals surface area (Å²) < 4.78 is 0. The van der Waals surface area contributed by atoms with E-state index < -0.39 is 0 Å². The summed E-state index contributed by atoms with van der Waals surface area (Å²) in [5, 5.41) is 3.28. The van der Waals surface area contributed by atoms with E-state index in [0.29, 0.717) is 5.41 Å². The molecule has 1 aliphatic rings. The molecule has 0 unspecified atom stereocenters. The molecule has 14 heavy (non-hydrogen) atoms. The molecule has 0 aliphatic heterocycles. The molecular weight excluding hydrogens is 174 g/mol. The number of likely N-dealkylation sites (N-methyl/N-ethyl adjacent to an activating group) is 1. The number of aromatic amines is 1. The number of hydrogen-bond donors (Lipinski definition) is 2. The Labute approximate surface area is 85.3 Å². The molecule has 0 saturated heterocycles. The number of aromatic nitrogens is 2. The molecule has 0 atom stereocenters. The second-order valence-electron chi connectivity index (χ2n) is 4.27. The third-order valence-electron chi connectivity index (χ3n) is 3.34. The molecule has 1 fully saturated rings. The standard InChI is InChI=1S/C11H19N3/c1-3-9-7-13-10(14-9)11(8-12-2)5-4-6-11/h7,12H,3-6,8H2,1-2H3,(H,13,14). The molecular formula is C11H19N3. The number of hydrogen-bond acceptors (Lipinski definition) is 2. The van der Waals surface area contributed by atoms with Crippen molar-refractivity contribution in [2.45, 2.75) is 38.0 Å². The quantitative estimate of drug-likeness (QED) is 0.762. The van der Waals surface area contributed by atoms with Crippen molar-refractivity contribution in [1.82, 2.24) is 15.3 Å². The van der Waals surface area contributed by atoms with Gasteiger partial charge in [-0.15, -0.1) is 0 Å². The summed E-state index contributed by atoms with van der Waals surface area (Å²) in [6.45, 7) is 3.20. The summed E-state index contributed by atoms with van der Waals surface area (Å²) in [4.78, 5) is 7.94. The molecule has 0 bridgehead atoms. The van der Waals surface area contributed by atoms with Crippen molar-refractivity contribution in [2.75, 3.05) is 13.6 Å². The maximum Gasteiger partial charge on any atom is 0.113 e. The molecule has 0 radical (unpaired) electrons. The van der Waals surface area contributed by atoms with Gasteiger partial charge in [-0.2, -0.15) is 0 Å². The normalized spacial score (nSPS) is 19.3. The van der Waals surface area contributed by atoms with Crippen LogP contribution in [-0.4, -0.2) is 23.6 Å². The summed E-state index contributed by atoms with van der Waals surface area (Å²) in [7, 11) is 2.02. The molecule has 2 rings (SSSR count). The van der Waals surface area contributed by atoms with Crippen LogP contribution in [0.15, 0.2) is 6.20 Å². The average molecular weight is 193 g/mol. The van der Waals surface area contributed by atoms with Crippen molar-refractivity contribution in [3.05, 3.63) is 17.7 Å². The van der Waals surface area contributed by atoms with Gasteiger partial charge in [0.2, 0.25) is 0 Å². The molecule has 1 heterocycles. The fourth-order valence-corrected chi connectivity index (χ4v) is 2.25. The van der Waals surface area contributed by atoms with Crippen LogP contribution in [0.25, 0.3) is 0 Å². The summed E-state index contributed by atoms with van der Waals surface area (Å²) in [5.74, 6) is 1.19. The molecule has 1 aliphatic carbocycles. The van der Waals surface area contributed by atoms with Gasteiger partial charge in [0.1, 0.15) is 5.82 Å². The number of nitrogens with one attached hydrogen (secondary N) is 2. The summed E-state index contributed by atoms with van der Waals surface area (Å²) >= 11 is 0. The highest BCUT2D eigenvalue weighted by Crippen LogP contribution is 2.41. The molecule has 3 heteroatoms. The van der Waals surface area contributed by atoms with Gasteiger partial charge in [0, 0.05) is 23.9 Å². The molecule has 78 valence electrons. The van der Waals surface area contributed by atoms with Gasteiger partial charge in [-0.25, -0.2) is 4.98 Å². The van der Waals surface area contributed by atoms with Gasteiger partial charge in [-0.1, -0.05) is 13.3 Å². The molecule has 1 saturated carbocycles. The Balaban J connectivity index is 2.18. The van der Waals surface area contributed by atoms with Crippen LogP contribution in [0.3, 0.4) is 0 Å². The lowest BCUT2D eigenvalue weighted by atomic mass is 9.68. The van der Waals surface area contributed by atoms with Crippen molar-refractivity contribution in [1.29, 1.82) is 0 Å².